The number of benzene rings is 1. The Morgan fingerprint density at radius 1 is 1.50 bits per heavy atom. The van der Waals surface area contributed by atoms with Gasteiger partial charge < -0.3 is 15.7 Å². The quantitative estimate of drug-likeness (QED) is 0.593. The van der Waals surface area contributed by atoms with Crippen molar-refractivity contribution in [2.75, 3.05) is 19.6 Å². The van der Waals surface area contributed by atoms with E-state index in [0.29, 0.717) is 18.5 Å². The van der Waals surface area contributed by atoms with Crippen LogP contribution in [0.3, 0.4) is 0 Å². The second-order valence-electron chi connectivity index (χ2n) is 5.71. The number of piperidine rings is 1. The summed E-state index contributed by atoms with van der Waals surface area (Å²) in [5.74, 6) is -0.429. The number of nitrogens with two attached hydrogens (primary N) is 1. The van der Waals surface area contributed by atoms with Crippen LogP contribution in [-0.4, -0.2) is 44.7 Å². The number of amides is 1. The van der Waals surface area contributed by atoms with E-state index < -0.39 is 21.5 Å². The Bertz CT molecular complexity index is 667. The lowest BCUT2D eigenvalue weighted by atomic mass is 9.94. The molecule has 122 valence electrons. The Hall–Kier alpha value is -1.48. The Labute approximate surface area is 130 Å². The van der Waals surface area contributed by atoms with E-state index in [1.807, 2.05) is 0 Å². The van der Waals surface area contributed by atoms with Crippen LogP contribution in [0.4, 0.5) is 0 Å². The summed E-state index contributed by atoms with van der Waals surface area (Å²) >= 11 is 0. The first-order valence-corrected chi connectivity index (χ1v) is 8.61. The van der Waals surface area contributed by atoms with Crippen LogP contribution in [0.15, 0.2) is 23.1 Å². The maximum absolute atomic E-state index is 12.3. The van der Waals surface area contributed by atoms with Gasteiger partial charge in [-0.3, -0.25) is 4.79 Å². The molecule has 8 heteroatoms. The largest absolute Gasteiger partial charge is 0.387 e. The van der Waals surface area contributed by atoms with Crippen molar-refractivity contribution in [1.82, 2.24) is 10.6 Å². The molecule has 2 rings (SSSR count). The first-order valence-electron chi connectivity index (χ1n) is 7.06. The minimum absolute atomic E-state index is 0.109. The summed E-state index contributed by atoms with van der Waals surface area (Å²) in [6, 6.07) is 4.15. The van der Waals surface area contributed by atoms with Crippen LogP contribution in [0.25, 0.3) is 0 Å². The van der Waals surface area contributed by atoms with Gasteiger partial charge in [0.2, 0.25) is 10.0 Å². The molecule has 1 aromatic rings. The van der Waals surface area contributed by atoms with E-state index in [9.17, 15) is 18.3 Å². The molecule has 0 radical (unpaired) electrons. The number of carbonyl (C=O) groups is 1. The summed E-state index contributed by atoms with van der Waals surface area (Å²) in [4.78, 5) is 12.1. The second kappa shape index (κ2) is 6.33. The monoisotopic (exact) mass is 327 g/mol. The number of rotatable bonds is 4. The van der Waals surface area contributed by atoms with Crippen LogP contribution < -0.4 is 15.8 Å². The van der Waals surface area contributed by atoms with Crippen LogP contribution in [0.2, 0.25) is 0 Å². The molecule has 1 unspecified atom stereocenters. The van der Waals surface area contributed by atoms with Crippen molar-refractivity contribution in [2.24, 2.45) is 5.14 Å². The molecule has 1 aromatic carbocycles. The van der Waals surface area contributed by atoms with E-state index in [2.05, 4.69) is 10.6 Å². The van der Waals surface area contributed by atoms with Gasteiger partial charge in [-0.05, 0) is 44.0 Å². The number of β-amino-alcohol motifs (C(OH)–C–C–N with tert-alkyl or cyclic N) is 1. The van der Waals surface area contributed by atoms with Crippen molar-refractivity contribution in [3.63, 3.8) is 0 Å². The van der Waals surface area contributed by atoms with Crippen molar-refractivity contribution in [3.05, 3.63) is 29.3 Å². The summed E-state index contributed by atoms with van der Waals surface area (Å²) in [6.07, 6.45) is 1.45. The Kier molecular flexibility index (Phi) is 4.86. The van der Waals surface area contributed by atoms with Crippen LogP contribution in [0.5, 0.6) is 0 Å². The molecule has 1 atom stereocenters. The molecule has 7 nitrogen and oxygen atoms in total. The zero-order valence-electron chi connectivity index (χ0n) is 12.4. The topological polar surface area (TPSA) is 122 Å². The van der Waals surface area contributed by atoms with E-state index in [0.717, 1.165) is 13.0 Å². The number of hydrogen-bond donors (Lipinski definition) is 4. The Balaban J connectivity index is 2.12. The third-order valence-electron chi connectivity index (χ3n) is 3.81. The zero-order chi connectivity index (χ0) is 16.4. The molecule has 0 saturated carbocycles. The number of aliphatic hydroxyl groups is 1. The van der Waals surface area contributed by atoms with Crippen LogP contribution in [0.1, 0.15) is 28.8 Å². The third-order valence-corrected chi connectivity index (χ3v) is 4.72. The van der Waals surface area contributed by atoms with Gasteiger partial charge in [-0.1, -0.05) is 6.07 Å². The molecule has 0 spiro atoms. The maximum Gasteiger partial charge on any atom is 0.251 e. The number of nitrogens with one attached hydrogen (secondary N) is 2. The smallest absolute Gasteiger partial charge is 0.251 e. The predicted molar refractivity (Wildman–Crippen MR) is 81.9 cm³/mol. The lowest BCUT2D eigenvalue weighted by molar-refractivity contribution is 0.0170. The molecular formula is C14H21N3O4S. The summed E-state index contributed by atoms with van der Waals surface area (Å²) in [7, 11) is -3.86. The number of carbonyl (C=O) groups excluding carboxylic acids is 1. The fourth-order valence-corrected chi connectivity index (χ4v) is 3.01. The van der Waals surface area contributed by atoms with Crippen molar-refractivity contribution in [2.45, 2.75) is 30.3 Å². The number of primary sulfonamides is 1. The highest BCUT2D eigenvalue weighted by molar-refractivity contribution is 7.89. The average molecular weight is 327 g/mol. The van der Waals surface area contributed by atoms with Crippen LogP contribution in [0, 0.1) is 6.92 Å². The number of aryl methyl sites for hydroxylation is 1. The molecule has 1 fully saturated rings. The molecule has 1 heterocycles. The van der Waals surface area contributed by atoms with Crippen molar-refractivity contribution < 1.29 is 18.3 Å². The van der Waals surface area contributed by atoms with E-state index in [1.54, 1.807) is 6.92 Å². The second-order valence-corrected chi connectivity index (χ2v) is 7.27. The average Bonchev–Trinajstić information content (AvgIpc) is 2.45. The highest BCUT2D eigenvalue weighted by Crippen LogP contribution is 2.17. The minimum Gasteiger partial charge on any atom is -0.387 e. The summed E-state index contributed by atoms with van der Waals surface area (Å²) in [6.45, 7) is 3.09. The van der Waals surface area contributed by atoms with Crippen molar-refractivity contribution >= 4 is 15.9 Å². The summed E-state index contributed by atoms with van der Waals surface area (Å²) < 4.78 is 22.7. The molecule has 5 N–H and O–H groups in total. The van der Waals surface area contributed by atoms with Crippen LogP contribution in [-0.2, 0) is 10.0 Å². The van der Waals surface area contributed by atoms with Gasteiger partial charge in [0.1, 0.15) is 0 Å². The summed E-state index contributed by atoms with van der Waals surface area (Å²) in [5.41, 5.74) is -0.100. The molecule has 1 aliphatic rings. The first-order chi connectivity index (χ1) is 10.2. The van der Waals surface area contributed by atoms with Gasteiger partial charge in [0, 0.05) is 18.7 Å². The van der Waals surface area contributed by atoms with Gasteiger partial charge in [-0.15, -0.1) is 0 Å². The molecule has 22 heavy (non-hydrogen) atoms. The Morgan fingerprint density at radius 3 is 2.82 bits per heavy atom. The van der Waals surface area contributed by atoms with Crippen molar-refractivity contribution in [1.29, 1.82) is 0 Å². The minimum atomic E-state index is -3.86. The fourth-order valence-electron chi connectivity index (χ4n) is 2.47. The predicted octanol–water partition coefficient (Wildman–Crippen LogP) is -0.513. The third kappa shape index (κ3) is 4.04. The number of sulfonamides is 1. The first kappa shape index (κ1) is 16.9. The van der Waals surface area contributed by atoms with E-state index >= 15 is 0 Å². The van der Waals surface area contributed by atoms with E-state index in [1.165, 1.54) is 18.2 Å². The summed E-state index contributed by atoms with van der Waals surface area (Å²) in [5, 5.41) is 21.2. The highest BCUT2D eigenvalue weighted by atomic mass is 32.2. The van der Waals surface area contributed by atoms with Crippen molar-refractivity contribution in [3.8, 4) is 0 Å². The molecule has 1 aliphatic heterocycles. The van der Waals surface area contributed by atoms with Gasteiger partial charge in [0.05, 0.1) is 10.5 Å². The van der Waals surface area contributed by atoms with Gasteiger partial charge in [-0.25, -0.2) is 13.6 Å². The molecule has 0 aromatic heterocycles. The van der Waals surface area contributed by atoms with Gasteiger partial charge >= 0.3 is 0 Å². The van der Waals surface area contributed by atoms with Gasteiger partial charge in [0.15, 0.2) is 0 Å². The zero-order valence-corrected chi connectivity index (χ0v) is 13.2. The van der Waals surface area contributed by atoms with E-state index in [-0.39, 0.29) is 17.0 Å². The maximum atomic E-state index is 12.3. The van der Waals surface area contributed by atoms with Crippen LogP contribution >= 0.6 is 0 Å². The highest BCUT2D eigenvalue weighted by Gasteiger charge is 2.29. The Morgan fingerprint density at radius 2 is 2.23 bits per heavy atom. The molecule has 1 saturated heterocycles. The van der Waals surface area contributed by atoms with Gasteiger partial charge in [0.25, 0.3) is 5.91 Å². The molecule has 0 bridgehead atoms. The molecular weight excluding hydrogens is 306 g/mol. The van der Waals surface area contributed by atoms with Gasteiger partial charge in [-0.2, -0.15) is 0 Å². The lowest BCUT2D eigenvalue weighted by Gasteiger charge is -2.32. The standard InChI is InChI=1S/C14H21N3O4S/c1-10-3-4-11(22(15,20)21)7-12(10)13(18)17-9-14(19)5-2-6-16-8-14/h3-4,7,16,19H,2,5-6,8-9H2,1H3,(H,17,18)(H2,15,20,21). The number of hydrogen-bond acceptors (Lipinski definition) is 5. The fraction of sp³-hybridized carbons (Fsp3) is 0.500. The SMILES string of the molecule is Cc1ccc(S(N)(=O)=O)cc1C(=O)NCC1(O)CCCNC1. The molecule has 0 aliphatic carbocycles. The van der Waals surface area contributed by atoms with E-state index in [4.69, 9.17) is 5.14 Å². The molecule has 1 amide bonds. The lowest BCUT2D eigenvalue weighted by Crippen LogP contribution is -2.52. The normalized spacial score (nSPS) is 22.3.